The highest BCUT2D eigenvalue weighted by molar-refractivity contribution is 5.95. The number of benzene rings is 1. The summed E-state index contributed by atoms with van der Waals surface area (Å²) >= 11 is 0. The maximum absolute atomic E-state index is 5.42. The molecule has 0 spiro atoms. The first-order valence-electron chi connectivity index (χ1n) is 10.8. The minimum absolute atomic E-state index is 0.417. The van der Waals surface area contributed by atoms with Crippen LogP contribution in [0.2, 0.25) is 0 Å². The van der Waals surface area contributed by atoms with E-state index in [1.54, 1.807) is 7.11 Å². The van der Waals surface area contributed by atoms with Crippen molar-refractivity contribution in [2.75, 3.05) is 19.0 Å². The Morgan fingerprint density at radius 1 is 1.04 bits per heavy atom. The Hall–Kier alpha value is -1.51. The van der Waals surface area contributed by atoms with Crippen molar-refractivity contribution in [3.8, 4) is 5.75 Å². The van der Waals surface area contributed by atoms with Crippen molar-refractivity contribution in [1.82, 2.24) is 0 Å². The molecule has 3 heteroatoms. The van der Waals surface area contributed by atoms with Gasteiger partial charge in [-0.15, -0.1) is 0 Å². The molecule has 0 aromatic heterocycles. The third-order valence-electron chi connectivity index (χ3n) is 6.02. The molecule has 0 aliphatic carbocycles. The highest BCUT2D eigenvalue weighted by atomic mass is 16.5. The maximum Gasteiger partial charge on any atom is 0.119 e. The van der Waals surface area contributed by atoms with Gasteiger partial charge in [-0.1, -0.05) is 58.3 Å². The fraction of sp³-hybridized carbons (Fsp3) is 0.696. The summed E-state index contributed by atoms with van der Waals surface area (Å²) in [6, 6.07) is 6.86. The molecule has 3 nitrogen and oxygen atoms in total. The van der Waals surface area contributed by atoms with E-state index in [-0.39, 0.29) is 0 Å². The Labute approximate surface area is 159 Å². The molecule has 1 aromatic carbocycles. The van der Waals surface area contributed by atoms with E-state index in [9.17, 15) is 0 Å². The number of fused-ring (bicyclic) bond motifs is 3. The van der Waals surface area contributed by atoms with Crippen LogP contribution in [-0.4, -0.2) is 25.4 Å². The minimum Gasteiger partial charge on any atom is -0.497 e. The van der Waals surface area contributed by atoms with Gasteiger partial charge in [0.1, 0.15) is 5.75 Å². The Morgan fingerprint density at radius 2 is 1.77 bits per heavy atom. The van der Waals surface area contributed by atoms with Crippen molar-refractivity contribution in [3.63, 3.8) is 0 Å². The van der Waals surface area contributed by atoms with Crippen LogP contribution in [0.3, 0.4) is 0 Å². The van der Waals surface area contributed by atoms with Crippen molar-refractivity contribution >= 4 is 11.4 Å². The largest absolute Gasteiger partial charge is 0.497 e. The van der Waals surface area contributed by atoms with Crippen molar-refractivity contribution in [2.24, 2.45) is 4.99 Å². The highest BCUT2D eigenvalue weighted by Crippen LogP contribution is 2.42. The topological polar surface area (TPSA) is 33.6 Å². The SMILES string of the molecule is CCCCCCCCCCCC1=NCC[C@@H]2c3cc(OC)ccc3N[C@@H]12. The molecule has 2 heterocycles. The molecule has 0 saturated heterocycles. The predicted molar refractivity (Wildman–Crippen MR) is 112 cm³/mol. The van der Waals surface area contributed by atoms with E-state index in [1.165, 1.54) is 74.7 Å². The average molecular weight is 357 g/mol. The van der Waals surface area contributed by atoms with Crippen molar-refractivity contribution in [2.45, 2.75) is 89.5 Å². The second-order valence-electron chi connectivity index (χ2n) is 7.92. The van der Waals surface area contributed by atoms with Crippen LogP contribution >= 0.6 is 0 Å². The number of hydrogen-bond donors (Lipinski definition) is 1. The highest BCUT2D eigenvalue weighted by Gasteiger charge is 2.36. The van der Waals surface area contributed by atoms with Crippen molar-refractivity contribution < 1.29 is 4.74 Å². The normalized spacial score (nSPS) is 20.9. The van der Waals surface area contributed by atoms with Gasteiger partial charge in [-0.3, -0.25) is 4.99 Å². The molecule has 0 radical (unpaired) electrons. The Balaban J connectivity index is 1.41. The van der Waals surface area contributed by atoms with Crippen LogP contribution in [0.25, 0.3) is 0 Å². The van der Waals surface area contributed by atoms with Crippen LogP contribution in [0, 0.1) is 0 Å². The Kier molecular flexibility index (Phi) is 7.40. The molecule has 2 aliphatic heterocycles. The molecule has 3 rings (SSSR count). The molecular formula is C23H36N2O. The Bertz CT molecular complexity index is 596. The van der Waals surface area contributed by atoms with Crippen LogP contribution < -0.4 is 10.1 Å². The molecule has 0 bridgehead atoms. The molecule has 2 atom stereocenters. The third kappa shape index (κ3) is 4.81. The number of unbranched alkanes of at least 4 members (excludes halogenated alkanes) is 8. The van der Waals surface area contributed by atoms with Gasteiger partial charge in [0.2, 0.25) is 0 Å². The van der Waals surface area contributed by atoms with Gasteiger partial charge in [0.25, 0.3) is 0 Å². The van der Waals surface area contributed by atoms with Crippen LogP contribution in [0.5, 0.6) is 5.75 Å². The fourth-order valence-corrected chi connectivity index (χ4v) is 4.49. The lowest BCUT2D eigenvalue weighted by atomic mass is 9.85. The van der Waals surface area contributed by atoms with Crippen molar-refractivity contribution in [1.29, 1.82) is 0 Å². The average Bonchev–Trinajstić information content (AvgIpc) is 3.05. The first-order valence-corrected chi connectivity index (χ1v) is 10.8. The second kappa shape index (κ2) is 9.99. The van der Waals surface area contributed by atoms with Crippen LogP contribution in [0.15, 0.2) is 23.2 Å². The molecule has 0 unspecified atom stereocenters. The summed E-state index contributed by atoms with van der Waals surface area (Å²) in [6.45, 7) is 3.26. The monoisotopic (exact) mass is 356 g/mol. The fourth-order valence-electron chi connectivity index (χ4n) is 4.49. The van der Waals surface area contributed by atoms with Crippen LogP contribution in [0.4, 0.5) is 5.69 Å². The smallest absolute Gasteiger partial charge is 0.119 e. The molecular weight excluding hydrogens is 320 g/mol. The van der Waals surface area contributed by atoms with E-state index in [0.29, 0.717) is 12.0 Å². The number of rotatable bonds is 11. The van der Waals surface area contributed by atoms with Gasteiger partial charge < -0.3 is 10.1 Å². The number of nitrogens with one attached hydrogen (secondary N) is 1. The van der Waals surface area contributed by atoms with Gasteiger partial charge in [0.15, 0.2) is 0 Å². The zero-order valence-corrected chi connectivity index (χ0v) is 16.7. The molecule has 2 aliphatic rings. The summed E-state index contributed by atoms with van der Waals surface area (Å²) < 4.78 is 5.42. The summed E-state index contributed by atoms with van der Waals surface area (Å²) in [6.07, 6.45) is 14.8. The summed E-state index contributed by atoms with van der Waals surface area (Å²) in [5.41, 5.74) is 4.11. The van der Waals surface area contributed by atoms with E-state index in [0.717, 1.165) is 25.1 Å². The molecule has 0 amide bonds. The van der Waals surface area contributed by atoms with E-state index in [1.807, 2.05) is 0 Å². The quantitative estimate of drug-likeness (QED) is 0.469. The lowest BCUT2D eigenvalue weighted by molar-refractivity contribution is 0.414. The molecule has 0 saturated carbocycles. The first-order chi connectivity index (χ1) is 12.8. The second-order valence-corrected chi connectivity index (χ2v) is 7.92. The maximum atomic E-state index is 5.42. The third-order valence-corrected chi connectivity index (χ3v) is 6.02. The zero-order valence-electron chi connectivity index (χ0n) is 16.7. The molecule has 1 aromatic rings. The number of ether oxygens (including phenoxy) is 1. The lowest BCUT2D eigenvalue weighted by Crippen LogP contribution is -2.34. The van der Waals surface area contributed by atoms with Crippen LogP contribution in [-0.2, 0) is 0 Å². The van der Waals surface area contributed by atoms with Crippen molar-refractivity contribution in [3.05, 3.63) is 23.8 Å². The van der Waals surface area contributed by atoms with Crippen LogP contribution in [0.1, 0.15) is 89.0 Å². The number of methoxy groups -OCH3 is 1. The molecule has 0 fully saturated rings. The number of nitrogens with zero attached hydrogens (tertiary/aromatic N) is 1. The van der Waals surface area contributed by atoms with Gasteiger partial charge in [-0.25, -0.2) is 0 Å². The summed E-state index contributed by atoms with van der Waals surface area (Å²) in [4.78, 5) is 4.89. The van der Waals surface area contributed by atoms with Gasteiger partial charge >= 0.3 is 0 Å². The Morgan fingerprint density at radius 3 is 2.50 bits per heavy atom. The van der Waals surface area contributed by atoms with Gasteiger partial charge in [0.05, 0.1) is 13.2 Å². The standard InChI is InChI=1S/C23H36N2O/c1-3-4-5-6-7-8-9-10-11-12-22-23-19(15-16-24-22)20-17-18(26-2)13-14-21(20)25-23/h13-14,17,19,23,25H,3-12,15-16H2,1-2H3/t19-,23-/m1/s1. The summed E-state index contributed by atoms with van der Waals surface area (Å²) in [5, 5.41) is 3.73. The van der Waals surface area contributed by atoms with E-state index in [4.69, 9.17) is 9.73 Å². The zero-order chi connectivity index (χ0) is 18.2. The number of hydrogen-bond acceptors (Lipinski definition) is 3. The first kappa shape index (κ1) is 19.3. The van der Waals surface area contributed by atoms with Gasteiger partial charge in [-0.05, 0) is 43.0 Å². The number of aliphatic imine (C=N–C) groups is 1. The minimum atomic E-state index is 0.417. The van der Waals surface area contributed by atoms with E-state index in [2.05, 4.69) is 30.4 Å². The van der Waals surface area contributed by atoms with Gasteiger partial charge in [-0.2, -0.15) is 0 Å². The van der Waals surface area contributed by atoms with E-state index >= 15 is 0 Å². The molecule has 1 N–H and O–H groups in total. The van der Waals surface area contributed by atoms with E-state index < -0.39 is 0 Å². The lowest BCUT2D eigenvalue weighted by Gasteiger charge is -2.26. The number of anilines is 1. The molecule has 26 heavy (non-hydrogen) atoms. The summed E-state index contributed by atoms with van der Waals surface area (Å²) in [5.74, 6) is 1.54. The van der Waals surface area contributed by atoms with Gasteiger partial charge in [0, 0.05) is 23.9 Å². The molecule has 144 valence electrons. The summed E-state index contributed by atoms with van der Waals surface area (Å²) in [7, 11) is 1.75. The predicted octanol–water partition coefficient (Wildman–Crippen LogP) is 6.34.